The molecule has 0 heterocycles. The van der Waals surface area contributed by atoms with E-state index in [1.807, 2.05) is 0 Å². The molecule has 5 nitrogen and oxygen atoms in total. The number of aliphatic hydroxyl groups excluding tert-OH is 1. The summed E-state index contributed by atoms with van der Waals surface area (Å²) in [5, 5.41) is 9.38. The van der Waals surface area contributed by atoms with Gasteiger partial charge in [0.1, 0.15) is 0 Å². The summed E-state index contributed by atoms with van der Waals surface area (Å²) >= 11 is 0. The van der Waals surface area contributed by atoms with Gasteiger partial charge in [-0.05, 0) is 19.8 Å². The first kappa shape index (κ1) is 9.45. The third kappa shape index (κ3) is 2.23. The van der Waals surface area contributed by atoms with Gasteiger partial charge in [0.05, 0.1) is 24.5 Å². The minimum atomic E-state index is -0.665. The van der Waals surface area contributed by atoms with E-state index in [-0.39, 0.29) is 19.4 Å². The average molecular weight is 202 g/mol. The highest BCUT2D eigenvalue weighted by molar-refractivity contribution is 5.85. The van der Waals surface area contributed by atoms with Crippen LogP contribution in [0.5, 0.6) is 0 Å². The monoisotopic (exact) mass is 202 g/mol. The van der Waals surface area contributed by atoms with E-state index in [4.69, 9.17) is 6.15 Å². The van der Waals surface area contributed by atoms with Crippen molar-refractivity contribution in [3.8, 4) is 0 Å². The van der Waals surface area contributed by atoms with Crippen LogP contribution in [-0.2, 0) is 14.3 Å². The summed E-state index contributed by atoms with van der Waals surface area (Å²) in [4.78, 5) is 22.7. The number of amides is 1. The number of ether oxygens (including phenoxy) is 1. The highest BCUT2D eigenvalue weighted by atomic mass is 16.5. The van der Waals surface area contributed by atoms with Crippen LogP contribution in [0.3, 0.4) is 0 Å². The van der Waals surface area contributed by atoms with Gasteiger partial charge in [-0.1, -0.05) is 0 Å². The maximum Gasteiger partial charge on any atom is 0.309 e. The summed E-state index contributed by atoms with van der Waals surface area (Å²) in [7, 11) is 0. The third-order valence-electron chi connectivity index (χ3n) is 2.46. The molecule has 80 valence electrons. The molecule has 1 saturated carbocycles. The topological polar surface area (TPSA) is 89.6 Å². The maximum absolute atomic E-state index is 11.4. The molecule has 0 aromatic heterocycles. The lowest BCUT2D eigenvalue weighted by atomic mass is 9.96. The van der Waals surface area contributed by atoms with Crippen molar-refractivity contribution < 1.29 is 20.8 Å². The van der Waals surface area contributed by atoms with E-state index in [1.165, 1.54) is 0 Å². The van der Waals surface area contributed by atoms with E-state index in [9.17, 15) is 14.7 Å². The van der Waals surface area contributed by atoms with Crippen LogP contribution in [-0.4, -0.2) is 29.7 Å². The Hall–Kier alpha value is -1.10. The largest absolute Gasteiger partial charge is 0.466 e. The molecule has 0 bridgehead atoms. The Morgan fingerprint density at radius 2 is 2.21 bits per heavy atom. The highest BCUT2D eigenvalue weighted by Gasteiger charge is 2.41. The molecule has 5 heteroatoms. The summed E-state index contributed by atoms with van der Waals surface area (Å²) in [5.74, 6) is -2.27. The number of aliphatic hydroxyl groups is 1. The maximum atomic E-state index is 11.4. The lowest BCUT2D eigenvalue weighted by molar-refractivity contribution is -0.151. The van der Waals surface area contributed by atoms with Gasteiger partial charge in [0, 0.05) is 0 Å². The van der Waals surface area contributed by atoms with Crippen LogP contribution in [0.4, 0.5) is 0 Å². The number of hydrogen-bond donors (Lipinski definition) is 2. The SMILES string of the molecule is [2H]NC(=O)[C@H]1C[C@@H](O)C[C@@H]1C(=O)OCC. The van der Waals surface area contributed by atoms with Crippen LogP contribution in [0.15, 0.2) is 0 Å². The second kappa shape index (κ2) is 4.41. The first-order chi connectivity index (χ1) is 7.10. The molecule has 0 unspecified atom stereocenters. The Kier molecular flexibility index (Phi) is 2.98. The van der Waals surface area contributed by atoms with Crippen LogP contribution < -0.4 is 5.73 Å². The quantitative estimate of drug-likeness (QED) is 0.599. The normalized spacial score (nSPS) is 32.1. The zero-order valence-electron chi connectivity index (χ0n) is 9.03. The molecule has 14 heavy (non-hydrogen) atoms. The van der Waals surface area contributed by atoms with Crippen molar-refractivity contribution >= 4 is 11.9 Å². The fourth-order valence-corrected chi connectivity index (χ4v) is 1.81. The molecule has 3 atom stereocenters. The second-order valence-electron chi connectivity index (χ2n) is 3.45. The van der Waals surface area contributed by atoms with Crippen molar-refractivity contribution in [1.29, 1.82) is 0 Å². The molecule has 0 radical (unpaired) electrons. The molecule has 3 N–H and O–H groups in total. The third-order valence-corrected chi connectivity index (χ3v) is 2.46. The van der Waals surface area contributed by atoms with Crippen molar-refractivity contribution in [3.05, 3.63) is 0 Å². The highest BCUT2D eigenvalue weighted by Crippen LogP contribution is 2.32. The Morgan fingerprint density at radius 3 is 2.79 bits per heavy atom. The van der Waals surface area contributed by atoms with E-state index in [0.717, 1.165) is 0 Å². The van der Waals surface area contributed by atoms with E-state index < -0.39 is 29.8 Å². The van der Waals surface area contributed by atoms with Crippen molar-refractivity contribution in [2.24, 2.45) is 17.6 Å². The predicted octanol–water partition coefficient (Wildman–Crippen LogP) is -0.578. The minimum Gasteiger partial charge on any atom is -0.466 e. The molecule has 1 aliphatic carbocycles. The van der Waals surface area contributed by atoms with Crippen molar-refractivity contribution in [3.63, 3.8) is 0 Å². The molecule has 1 rings (SSSR count). The van der Waals surface area contributed by atoms with Crippen LogP contribution in [0.1, 0.15) is 19.8 Å². The van der Waals surface area contributed by atoms with E-state index in [0.29, 0.717) is 0 Å². The minimum absolute atomic E-state index is 0.216. The molecular weight excluding hydrogens is 186 g/mol. The van der Waals surface area contributed by atoms with E-state index in [2.05, 4.69) is 0 Å². The van der Waals surface area contributed by atoms with Gasteiger partial charge in [0.25, 0.3) is 0 Å². The number of nitrogens with two attached hydrogens (primary N) is 1. The van der Waals surface area contributed by atoms with E-state index in [1.54, 1.807) is 12.7 Å². The fraction of sp³-hybridized carbons (Fsp3) is 0.778. The zero-order chi connectivity index (χ0) is 11.4. The Labute approximate surface area is 83.7 Å². The van der Waals surface area contributed by atoms with Gasteiger partial charge in [0.2, 0.25) is 5.91 Å². The van der Waals surface area contributed by atoms with Gasteiger partial charge in [-0.3, -0.25) is 9.59 Å². The molecule has 0 spiro atoms. The van der Waals surface area contributed by atoms with Crippen molar-refractivity contribution in [1.82, 2.24) is 0 Å². The number of hydrogen-bond acceptors (Lipinski definition) is 4. The number of carbonyl (C=O) groups excluding carboxylic acids is 2. The summed E-state index contributed by atoms with van der Waals surface area (Å²) in [6.07, 6.45) is -0.216. The first-order valence-corrected chi connectivity index (χ1v) is 4.66. The van der Waals surface area contributed by atoms with Gasteiger partial charge in [-0.25, -0.2) is 0 Å². The van der Waals surface area contributed by atoms with E-state index >= 15 is 0 Å². The standard InChI is InChI=1S/C9H15NO4/c1-2-14-9(13)7-4-5(11)3-6(7)8(10)12/h5-7,11H,2-4H2,1H3,(H2,10,12)/t5-,6+,7+/m1/s1/i/hD. The Balaban J connectivity index is 2.68. The number of carbonyl (C=O) groups is 2. The first-order valence-electron chi connectivity index (χ1n) is 5.16. The summed E-state index contributed by atoms with van der Waals surface area (Å²) < 4.78 is 11.5. The molecule has 1 amide bonds. The number of esters is 1. The van der Waals surface area contributed by atoms with Crippen LogP contribution >= 0.6 is 0 Å². The lowest BCUT2D eigenvalue weighted by Crippen LogP contribution is -2.31. The Morgan fingerprint density at radius 1 is 1.57 bits per heavy atom. The molecule has 1 aliphatic rings. The van der Waals surface area contributed by atoms with Crippen molar-refractivity contribution in [2.45, 2.75) is 25.9 Å². The molecule has 0 aliphatic heterocycles. The second-order valence-corrected chi connectivity index (χ2v) is 3.45. The van der Waals surface area contributed by atoms with Crippen LogP contribution in [0.2, 0.25) is 1.41 Å². The summed E-state index contributed by atoms with van der Waals surface area (Å²) in [6, 6.07) is 0. The van der Waals surface area contributed by atoms with Gasteiger partial charge < -0.3 is 15.6 Å². The van der Waals surface area contributed by atoms with Crippen molar-refractivity contribution in [2.75, 3.05) is 6.61 Å². The van der Waals surface area contributed by atoms with Gasteiger partial charge in [-0.15, -0.1) is 0 Å². The summed E-state index contributed by atoms with van der Waals surface area (Å²) in [5.41, 5.74) is 1.75. The van der Waals surface area contributed by atoms with Gasteiger partial charge >= 0.3 is 5.97 Å². The lowest BCUT2D eigenvalue weighted by Gasteiger charge is -2.13. The van der Waals surface area contributed by atoms with Gasteiger partial charge in [-0.2, -0.15) is 0 Å². The smallest absolute Gasteiger partial charge is 0.309 e. The predicted molar refractivity (Wildman–Crippen MR) is 48.0 cm³/mol. The summed E-state index contributed by atoms with van der Waals surface area (Å²) in [6.45, 7) is 1.93. The molecule has 1 fully saturated rings. The molecule has 0 saturated heterocycles. The number of rotatable bonds is 3. The van der Waals surface area contributed by atoms with Crippen LogP contribution in [0, 0.1) is 11.8 Å². The Bertz CT molecular complexity index is 258. The zero-order valence-corrected chi connectivity index (χ0v) is 8.03. The molecule has 0 aromatic rings. The molecule has 0 aromatic carbocycles. The fourth-order valence-electron chi connectivity index (χ4n) is 1.81. The van der Waals surface area contributed by atoms with Crippen LogP contribution in [0.25, 0.3) is 0 Å². The van der Waals surface area contributed by atoms with Gasteiger partial charge in [0.15, 0.2) is 1.41 Å². The average Bonchev–Trinajstić information content (AvgIpc) is 2.59. The molecular formula is C9H15NO4. The number of primary amides is 1.